The molecule has 0 aliphatic heterocycles. The molecule has 0 atom stereocenters. The molecule has 2 heteroatoms. The van der Waals surface area contributed by atoms with Crippen molar-refractivity contribution < 1.29 is 0 Å². The van der Waals surface area contributed by atoms with Crippen LogP contribution in [0.15, 0.2) is 65.8 Å². The van der Waals surface area contributed by atoms with E-state index in [1.807, 2.05) is 45.1 Å². The van der Waals surface area contributed by atoms with Gasteiger partial charge in [0, 0.05) is 12.1 Å². The Morgan fingerprint density at radius 3 is 2.60 bits per heavy atom. The third-order valence-corrected chi connectivity index (χ3v) is 4.03. The van der Waals surface area contributed by atoms with Gasteiger partial charge >= 0.3 is 0 Å². The molecule has 0 spiro atoms. The summed E-state index contributed by atoms with van der Waals surface area (Å²) in [5.41, 5.74) is 5.83. The van der Waals surface area contributed by atoms with Gasteiger partial charge in [-0.25, -0.2) is 0 Å². The van der Waals surface area contributed by atoms with E-state index < -0.39 is 0 Å². The average Bonchev–Trinajstić information content (AvgIpc) is 2.57. The number of benzene rings is 1. The van der Waals surface area contributed by atoms with Crippen molar-refractivity contribution in [2.24, 2.45) is 0 Å². The van der Waals surface area contributed by atoms with Crippen LogP contribution in [0.2, 0.25) is 0 Å². The van der Waals surface area contributed by atoms with Crippen LogP contribution in [0.4, 0.5) is 0 Å². The van der Waals surface area contributed by atoms with E-state index in [1.165, 1.54) is 5.56 Å². The Kier molecular flexibility index (Phi) is 8.87. The van der Waals surface area contributed by atoms with Gasteiger partial charge in [0.2, 0.25) is 0 Å². The average molecular weight is 337 g/mol. The van der Waals surface area contributed by atoms with Crippen molar-refractivity contribution in [1.82, 2.24) is 4.90 Å². The van der Waals surface area contributed by atoms with Gasteiger partial charge in [0.1, 0.15) is 0 Å². The van der Waals surface area contributed by atoms with E-state index in [1.54, 1.807) is 0 Å². The molecule has 1 aromatic rings. The van der Waals surface area contributed by atoms with Crippen molar-refractivity contribution in [3.63, 3.8) is 0 Å². The van der Waals surface area contributed by atoms with Gasteiger partial charge in [-0.2, -0.15) is 0 Å². The molecule has 0 fully saturated rings. The first-order valence-electron chi connectivity index (χ1n) is 8.92. The van der Waals surface area contributed by atoms with Gasteiger partial charge in [-0.15, -0.1) is 0 Å². The molecular formula is C23H32N2. The Bertz CT molecular complexity index is 690. The van der Waals surface area contributed by atoms with Crippen molar-refractivity contribution >= 4 is 11.8 Å². The van der Waals surface area contributed by atoms with E-state index in [4.69, 9.17) is 5.41 Å². The maximum Gasteiger partial charge on any atom is 0.0614 e. The Balaban J connectivity index is 2.91. The highest BCUT2D eigenvalue weighted by molar-refractivity contribution is 6.11. The molecule has 0 aliphatic carbocycles. The second-order valence-electron chi connectivity index (χ2n) is 6.60. The van der Waals surface area contributed by atoms with Crippen LogP contribution in [-0.4, -0.2) is 24.2 Å². The second kappa shape index (κ2) is 10.6. The lowest BCUT2D eigenvalue weighted by atomic mass is 10.00. The molecule has 1 N–H and O–H groups in total. The lowest BCUT2D eigenvalue weighted by Gasteiger charge is -2.15. The summed E-state index contributed by atoms with van der Waals surface area (Å²) < 4.78 is 0. The third-order valence-electron chi connectivity index (χ3n) is 4.03. The fraction of sp³-hybridized carbons (Fsp3) is 0.348. The SMILES string of the molecule is C=C(C)/C(=C\C(C)=C/C)C(=N)/C=C/c1cccc(CN(C)CCC)c1. The summed E-state index contributed by atoms with van der Waals surface area (Å²) in [6.07, 6.45) is 9.09. The number of nitrogens with zero attached hydrogens (tertiary/aromatic N) is 1. The lowest BCUT2D eigenvalue weighted by molar-refractivity contribution is 0.327. The van der Waals surface area contributed by atoms with Crippen molar-refractivity contribution in [2.45, 2.75) is 40.7 Å². The van der Waals surface area contributed by atoms with E-state index in [0.29, 0.717) is 5.71 Å². The number of allylic oxidation sites excluding steroid dienone is 6. The Morgan fingerprint density at radius 2 is 2.00 bits per heavy atom. The number of hydrogen-bond donors (Lipinski definition) is 1. The minimum Gasteiger partial charge on any atom is -0.302 e. The molecule has 25 heavy (non-hydrogen) atoms. The van der Waals surface area contributed by atoms with Crippen molar-refractivity contribution in [2.75, 3.05) is 13.6 Å². The standard InChI is InChI=1S/C23H32N2/c1-7-14-25(6)17-21-11-9-10-20(16-21)12-13-23(24)22(18(3)4)15-19(5)8-2/h8-13,15-16,24H,3,7,14,17H2,1-2,4-6H3/b13-12+,19-8-,22-15+,24-23?. The molecule has 0 aromatic heterocycles. The van der Waals surface area contributed by atoms with Gasteiger partial charge in [0.25, 0.3) is 0 Å². The zero-order valence-corrected chi connectivity index (χ0v) is 16.4. The minimum absolute atomic E-state index is 0.488. The highest BCUT2D eigenvalue weighted by atomic mass is 15.1. The van der Waals surface area contributed by atoms with Gasteiger partial charge in [0.05, 0.1) is 5.71 Å². The first-order chi connectivity index (χ1) is 11.9. The summed E-state index contributed by atoms with van der Waals surface area (Å²) >= 11 is 0. The van der Waals surface area contributed by atoms with E-state index in [0.717, 1.165) is 41.8 Å². The molecule has 0 unspecified atom stereocenters. The molecule has 0 aliphatic rings. The van der Waals surface area contributed by atoms with Crippen molar-refractivity contribution in [1.29, 1.82) is 5.41 Å². The van der Waals surface area contributed by atoms with Crippen LogP contribution in [0.25, 0.3) is 6.08 Å². The monoisotopic (exact) mass is 336 g/mol. The topological polar surface area (TPSA) is 27.1 Å². The fourth-order valence-electron chi connectivity index (χ4n) is 2.58. The molecule has 1 aromatic carbocycles. The zero-order chi connectivity index (χ0) is 18.8. The highest BCUT2D eigenvalue weighted by Gasteiger charge is 2.04. The predicted octanol–water partition coefficient (Wildman–Crippen LogP) is 6.03. The van der Waals surface area contributed by atoms with Crippen molar-refractivity contribution in [3.8, 4) is 0 Å². The summed E-state index contributed by atoms with van der Waals surface area (Å²) in [4.78, 5) is 2.33. The summed E-state index contributed by atoms with van der Waals surface area (Å²) in [5.74, 6) is 0. The van der Waals surface area contributed by atoms with Crippen LogP contribution >= 0.6 is 0 Å². The third kappa shape index (κ3) is 7.49. The molecule has 0 amide bonds. The summed E-state index contributed by atoms with van der Waals surface area (Å²) in [6.45, 7) is 14.2. The van der Waals surface area contributed by atoms with E-state index in [2.05, 4.69) is 49.7 Å². The molecule has 1 rings (SSSR count). The van der Waals surface area contributed by atoms with E-state index in [-0.39, 0.29) is 0 Å². The quantitative estimate of drug-likeness (QED) is 0.432. The summed E-state index contributed by atoms with van der Waals surface area (Å²) in [7, 11) is 2.15. The Morgan fingerprint density at radius 1 is 1.28 bits per heavy atom. The smallest absolute Gasteiger partial charge is 0.0614 e. The van der Waals surface area contributed by atoms with Gasteiger partial charge in [-0.05, 0) is 69.6 Å². The molecule has 0 bridgehead atoms. The summed E-state index contributed by atoms with van der Waals surface area (Å²) in [6, 6.07) is 8.51. The summed E-state index contributed by atoms with van der Waals surface area (Å²) in [5, 5.41) is 8.36. The number of nitrogens with one attached hydrogen (secondary N) is 1. The Labute approximate surface area is 153 Å². The maximum atomic E-state index is 8.36. The van der Waals surface area contributed by atoms with Crippen LogP contribution in [0.5, 0.6) is 0 Å². The Hall–Kier alpha value is -2.19. The van der Waals surface area contributed by atoms with E-state index >= 15 is 0 Å². The number of rotatable bonds is 9. The molecular weight excluding hydrogens is 304 g/mol. The van der Waals surface area contributed by atoms with Crippen LogP contribution in [0, 0.1) is 5.41 Å². The molecule has 0 radical (unpaired) electrons. The number of hydrogen-bond acceptors (Lipinski definition) is 2. The minimum atomic E-state index is 0.488. The van der Waals surface area contributed by atoms with Crippen LogP contribution < -0.4 is 0 Å². The lowest BCUT2D eigenvalue weighted by Crippen LogP contribution is -2.18. The molecule has 0 saturated carbocycles. The molecule has 0 heterocycles. The zero-order valence-electron chi connectivity index (χ0n) is 16.4. The van der Waals surface area contributed by atoms with Crippen LogP contribution in [0.3, 0.4) is 0 Å². The second-order valence-corrected chi connectivity index (χ2v) is 6.60. The molecule has 2 nitrogen and oxygen atoms in total. The predicted molar refractivity (Wildman–Crippen MR) is 112 cm³/mol. The first kappa shape index (κ1) is 20.9. The normalized spacial score (nSPS) is 12.9. The highest BCUT2D eigenvalue weighted by Crippen LogP contribution is 2.15. The van der Waals surface area contributed by atoms with Gasteiger partial charge in [-0.1, -0.05) is 55.5 Å². The van der Waals surface area contributed by atoms with Gasteiger partial charge in [0.15, 0.2) is 0 Å². The van der Waals surface area contributed by atoms with Crippen LogP contribution in [0.1, 0.15) is 45.2 Å². The van der Waals surface area contributed by atoms with Gasteiger partial charge < -0.3 is 10.3 Å². The molecule has 0 saturated heterocycles. The van der Waals surface area contributed by atoms with Gasteiger partial charge in [-0.3, -0.25) is 0 Å². The largest absolute Gasteiger partial charge is 0.302 e. The molecule has 134 valence electrons. The van der Waals surface area contributed by atoms with Crippen LogP contribution in [-0.2, 0) is 6.54 Å². The fourth-order valence-corrected chi connectivity index (χ4v) is 2.58. The first-order valence-corrected chi connectivity index (χ1v) is 8.92. The van der Waals surface area contributed by atoms with Crippen molar-refractivity contribution in [3.05, 3.63) is 76.9 Å². The maximum absolute atomic E-state index is 8.36. The van der Waals surface area contributed by atoms with E-state index in [9.17, 15) is 0 Å².